The van der Waals surface area contributed by atoms with Gasteiger partial charge in [0.05, 0.1) is 17.7 Å². The molecule has 8 heteroatoms. The van der Waals surface area contributed by atoms with Crippen LogP contribution in [0.4, 0.5) is 5.00 Å². The number of fused-ring (bicyclic) bond motifs is 1. The average Bonchev–Trinajstić information content (AvgIpc) is 3.23. The Kier molecular flexibility index (Phi) is 6.65. The molecule has 0 unspecified atom stereocenters. The Labute approximate surface area is 194 Å². The second-order valence-electron chi connectivity index (χ2n) is 7.51. The molecule has 0 spiro atoms. The Morgan fingerprint density at radius 2 is 1.91 bits per heavy atom. The van der Waals surface area contributed by atoms with Crippen LogP contribution in [0.15, 0.2) is 64.8 Å². The van der Waals surface area contributed by atoms with E-state index in [1.165, 1.54) is 16.0 Å². The number of nitrogens with one attached hydrogen (secondary N) is 1. The summed E-state index contributed by atoms with van der Waals surface area (Å²) in [7, 11) is 0. The number of carbonyl (C=O) groups is 2. The molecular formula is C25H23N3O4S. The molecule has 0 saturated heterocycles. The summed E-state index contributed by atoms with van der Waals surface area (Å²) in [5.74, 6) is -0.831. The predicted molar refractivity (Wildman–Crippen MR) is 129 cm³/mol. The summed E-state index contributed by atoms with van der Waals surface area (Å²) >= 11 is 1.19. The minimum absolute atomic E-state index is 0.0361. The molecule has 0 fully saturated rings. The zero-order chi connectivity index (χ0) is 23.4. The number of amides is 1. The fourth-order valence-corrected chi connectivity index (χ4v) is 4.47. The fraction of sp³-hybridized carbons (Fsp3) is 0.200. The first-order valence-corrected chi connectivity index (χ1v) is 11.5. The van der Waals surface area contributed by atoms with Crippen LogP contribution in [-0.2, 0) is 16.0 Å². The second kappa shape index (κ2) is 9.79. The zero-order valence-electron chi connectivity index (χ0n) is 18.3. The molecule has 0 atom stereocenters. The molecular weight excluding hydrogens is 438 g/mol. The zero-order valence-corrected chi connectivity index (χ0v) is 19.1. The van der Waals surface area contributed by atoms with Gasteiger partial charge in [0.1, 0.15) is 5.00 Å². The molecule has 0 radical (unpaired) electrons. The molecule has 1 N–H and O–H groups in total. The van der Waals surface area contributed by atoms with Crippen LogP contribution in [0.3, 0.4) is 0 Å². The first-order valence-electron chi connectivity index (χ1n) is 10.6. The molecule has 1 amide bonds. The topological polar surface area (TPSA) is 90.3 Å². The van der Waals surface area contributed by atoms with Gasteiger partial charge in [0.2, 0.25) is 5.91 Å². The maximum atomic E-state index is 13.4. The lowest BCUT2D eigenvalue weighted by Crippen LogP contribution is -2.25. The third-order valence-corrected chi connectivity index (χ3v) is 6.00. The van der Waals surface area contributed by atoms with Crippen LogP contribution < -0.4 is 10.9 Å². The van der Waals surface area contributed by atoms with Gasteiger partial charge in [-0.05, 0) is 43.5 Å². The quantitative estimate of drug-likeness (QED) is 0.409. The van der Waals surface area contributed by atoms with E-state index in [0.717, 1.165) is 11.1 Å². The highest BCUT2D eigenvalue weighted by Crippen LogP contribution is 2.31. The molecule has 168 valence electrons. The number of benzene rings is 2. The van der Waals surface area contributed by atoms with Gasteiger partial charge in [0.15, 0.2) is 5.69 Å². The maximum absolute atomic E-state index is 13.4. The van der Waals surface area contributed by atoms with Crippen LogP contribution in [0, 0.1) is 6.92 Å². The standard InChI is InChI=1S/C25H23N3O4S/c1-3-32-25(31)22-19-15-33-23(26-20(29)13-12-17-9-5-4-6-10-17)21(19)24(30)28(27-22)18-11-7-8-16(2)14-18/h4-11,14-15H,3,12-13H2,1-2H3,(H,26,29). The number of ether oxygens (including phenoxy) is 1. The van der Waals surface area contributed by atoms with Crippen molar-refractivity contribution in [3.8, 4) is 5.69 Å². The molecule has 0 aliphatic carbocycles. The van der Waals surface area contributed by atoms with E-state index in [2.05, 4.69) is 10.4 Å². The van der Waals surface area contributed by atoms with E-state index >= 15 is 0 Å². The van der Waals surface area contributed by atoms with Crippen molar-refractivity contribution in [2.75, 3.05) is 11.9 Å². The van der Waals surface area contributed by atoms with Gasteiger partial charge in [-0.25, -0.2) is 4.79 Å². The Morgan fingerprint density at radius 1 is 1.12 bits per heavy atom. The van der Waals surface area contributed by atoms with Crippen LogP contribution in [0.1, 0.15) is 35.0 Å². The van der Waals surface area contributed by atoms with Gasteiger partial charge >= 0.3 is 5.97 Å². The van der Waals surface area contributed by atoms with Crippen molar-refractivity contribution < 1.29 is 14.3 Å². The van der Waals surface area contributed by atoms with Crippen LogP contribution in [0.2, 0.25) is 0 Å². The summed E-state index contributed by atoms with van der Waals surface area (Å²) in [5, 5.41) is 9.83. The minimum atomic E-state index is -0.622. The van der Waals surface area contributed by atoms with Gasteiger partial charge in [-0.3, -0.25) is 9.59 Å². The number of aromatic nitrogens is 2. The molecule has 4 aromatic rings. The van der Waals surface area contributed by atoms with E-state index < -0.39 is 11.5 Å². The maximum Gasteiger partial charge on any atom is 0.359 e. The van der Waals surface area contributed by atoms with E-state index in [1.54, 1.807) is 24.4 Å². The van der Waals surface area contributed by atoms with E-state index in [-0.39, 0.29) is 30.0 Å². The first kappa shape index (κ1) is 22.4. The fourth-order valence-electron chi connectivity index (χ4n) is 3.52. The van der Waals surface area contributed by atoms with Crippen molar-refractivity contribution in [3.05, 3.63) is 87.2 Å². The van der Waals surface area contributed by atoms with Gasteiger partial charge in [-0.2, -0.15) is 9.78 Å². The van der Waals surface area contributed by atoms with Crippen LogP contribution in [-0.4, -0.2) is 28.3 Å². The summed E-state index contributed by atoms with van der Waals surface area (Å²) < 4.78 is 6.36. The molecule has 4 rings (SSSR count). The number of thiophene rings is 1. The van der Waals surface area contributed by atoms with Crippen molar-refractivity contribution in [3.63, 3.8) is 0 Å². The number of carbonyl (C=O) groups excluding carboxylic acids is 2. The monoisotopic (exact) mass is 461 g/mol. The van der Waals surface area contributed by atoms with Gasteiger partial charge in [0.25, 0.3) is 5.56 Å². The Morgan fingerprint density at radius 3 is 2.64 bits per heavy atom. The largest absolute Gasteiger partial charge is 0.461 e. The number of esters is 1. The number of anilines is 1. The van der Waals surface area contributed by atoms with Gasteiger partial charge in [0, 0.05) is 17.2 Å². The molecule has 7 nitrogen and oxygen atoms in total. The summed E-state index contributed by atoms with van der Waals surface area (Å²) in [6.45, 7) is 3.79. The van der Waals surface area contributed by atoms with E-state index in [9.17, 15) is 14.4 Å². The van der Waals surface area contributed by atoms with Crippen molar-refractivity contribution in [1.29, 1.82) is 0 Å². The summed E-state index contributed by atoms with van der Waals surface area (Å²) in [6.07, 6.45) is 0.852. The van der Waals surface area contributed by atoms with Crippen molar-refractivity contribution in [2.45, 2.75) is 26.7 Å². The molecule has 0 saturated carbocycles. The van der Waals surface area contributed by atoms with Crippen LogP contribution in [0.25, 0.3) is 16.5 Å². The lowest BCUT2D eigenvalue weighted by molar-refractivity contribution is -0.116. The van der Waals surface area contributed by atoms with Crippen LogP contribution in [0.5, 0.6) is 0 Å². The third-order valence-electron chi connectivity index (χ3n) is 5.10. The highest BCUT2D eigenvalue weighted by molar-refractivity contribution is 7.16. The van der Waals surface area contributed by atoms with Gasteiger partial charge in [-0.15, -0.1) is 11.3 Å². The summed E-state index contributed by atoms with van der Waals surface area (Å²) in [4.78, 5) is 38.7. The number of hydrogen-bond donors (Lipinski definition) is 1. The molecule has 0 bridgehead atoms. The highest BCUT2D eigenvalue weighted by atomic mass is 32.1. The number of nitrogens with zero attached hydrogens (tertiary/aromatic N) is 2. The SMILES string of the molecule is CCOC(=O)c1nn(-c2cccc(C)c2)c(=O)c2c(NC(=O)CCc3ccccc3)scc12. The Hall–Kier alpha value is -3.78. The predicted octanol–water partition coefficient (Wildman–Crippen LogP) is 4.50. The first-order chi connectivity index (χ1) is 16.0. The summed E-state index contributed by atoms with van der Waals surface area (Å²) in [5.41, 5.74) is 2.15. The third kappa shape index (κ3) is 4.85. The number of hydrogen-bond acceptors (Lipinski definition) is 6. The second-order valence-corrected chi connectivity index (χ2v) is 8.39. The van der Waals surface area contributed by atoms with Crippen molar-refractivity contribution >= 4 is 39.0 Å². The molecule has 2 aromatic carbocycles. The number of aryl methyl sites for hydroxylation is 2. The number of rotatable bonds is 7. The highest BCUT2D eigenvalue weighted by Gasteiger charge is 2.23. The Bertz CT molecular complexity index is 1380. The lowest BCUT2D eigenvalue weighted by atomic mass is 10.1. The molecule has 33 heavy (non-hydrogen) atoms. The molecule has 0 aliphatic heterocycles. The van der Waals surface area contributed by atoms with Crippen LogP contribution >= 0.6 is 11.3 Å². The average molecular weight is 462 g/mol. The molecule has 2 aromatic heterocycles. The normalized spacial score (nSPS) is 10.8. The van der Waals surface area contributed by atoms with Crippen molar-refractivity contribution in [2.24, 2.45) is 0 Å². The minimum Gasteiger partial charge on any atom is -0.461 e. The van der Waals surface area contributed by atoms with Crippen molar-refractivity contribution in [1.82, 2.24) is 9.78 Å². The molecule has 2 heterocycles. The summed E-state index contributed by atoms with van der Waals surface area (Å²) in [6, 6.07) is 17.0. The lowest BCUT2D eigenvalue weighted by Gasteiger charge is -2.10. The van der Waals surface area contributed by atoms with E-state index in [4.69, 9.17) is 4.74 Å². The van der Waals surface area contributed by atoms with Gasteiger partial charge in [-0.1, -0.05) is 42.5 Å². The molecule has 0 aliphatic rings. The van der Waals surface area contributed by atoms with E-state index in [1.807, 2.05) is 49.4 Å². The van der Waals surface area contributed by atoms with Gasteiger partial charge < -0.3 is 10.1 Å². The van der Waals surface area contributed by atoms with E-state index in [0.29, 0.717) is 22.5 Å². The Balaban J connectivity index is 1.74. The smallest absolute Gasteiger partial charge is 0.359 e.